The number of rotatable bonds is 5. The molecule has 2 aromatic rings. The largest absolute Gasteiger partial charge is 0.447 e. The minimum atomic E-state index is -4.63. The summed E-state index contributed by atoms with van der Waals surface area (Å²) < 4.78 is 91.5. The average Bonchev–Trinajstić information content (AvgIpc) is 2.94. The van der Waals surface area contributed by atoms with Crippen LogP contribution in [0.4, 0.5) is 13.2 Å². The van der Waals surface area contributed by atoms with Crippen molar-refractivity contribution in [3.8, 4) is 0 Å². The highest BCUT2D eigenvalue weighted by Crippen LogP contribution is 2.29. The van der Waals surface area contributed by atoms with Crippen LogP contribution in [-0.2, 0) is 31.8 Å². The predicted octanol–water partition coefficient (Wildman–Crippen LogP) is 1.92. The van der Waals surface area contributed by atoms with E-state index in [9.17, 15) is 30.0 Å². The van der Waals surface area contributed by atoms with Crippen molar-refractivity contribution in [3.63, 3.8) is 0 Å². The summed E-state index contributed by atoms with van der Waals surface area (Å²) in [7, 11) is -5.42. The molecule has 0 amide bonds. The maximum absolute atomic E-state index is 12.5. The lowest BCUT2D eigenvalue weighted by Crippen LogP contribution is -2.21. The van der Waals surface area contributed by atoms with E-state index in [2.05, 4.69) is 4.98 Å². The second-order valence-electron chi connectivity index (χ2n) is 5.15. The van der Waals surface area contributed by atoms with Gasteiger partial charge in [-0.2, -0.15) is 13.2 Å². The van der Waals surface area contributed by atoms with E-state index in [4.69, 9.17) is 4.42 Å². The molecule has 0 bridgehead atoms. The lowest BCUT2D eigenvalue weighted by Gasteiger charge is -2.08. The molecule has 0 N–H and O–H groups in total. The van der Waals surface area contributed by atoms with E-state index >= 15 is 0 Å². The zero-order valence-electron chi connectivity index (χ0n) is 13.0. The van der Waals surface area contributed by atoms with E-state index < -0.39 is 47.5 Å². The molecule has 0 aliphatic rings. The van der Waals surface area contributed by atoms with Gasteiger partial charge in [-0.25, -0.2) is 26.1 Å². The first-order valence-electron chi connectivity index (χ1n) is 6.61. The molecule has 138 valence electrons. The number of pyridine rings is 1. The van der Waals surface area contributed by atoms with E-state index in [0.29, 0.717) is 12.3 Å². The molecule has 0 aromatic carbocycles. The fraction of sp³-hybridized carbons (Fsp3) is 0.308. The summed E-state index contributed by atoms with van der Waals surface area (Å²) >= 11 is 0. The molecule has 0 saturated carbocycles. The first-order valence-corrected chi connectivity index (χ1v) is 9.70. The summed E-state index contributed by atoms with van der Waals surface area (Å²) in [5, 5.41) is -1.02. The Morgan fingerprint density at radius 1 is 1.08 bits per heavy atom. The zero-order valence-corrected chi connectivity index (χ0v) is 14.6. The van der Waals surface area contributed by atoms with Crippen LogP contribution in [-0.4, -0.2) is 40.2 Å². The van der Waals surface area contributed by atoms with Crippen molar-refractivity contribution >= 4 is 19.9 Å². The lowest BCUT2D eigenvalue weighted by atomic mass is 10.3. The van der Waals surface area contributed by atoms with Gasteiger partial charge in [0.1, 0.15) is 11.5 Å². The molecule has 2 heterocycles. The van der Waals surface area contributed by atoms with Crippen molar-refractivity contribution in [1.82, 2.24) is 9.29 Å². The maximum atomic E-state index is 12.5. The smallest absolute Gasteiger partial charge is 0.417 e. The number of nitrogens with zero attached hydrogens (tertiary/aromatic N) is 2. The zero-order chi connectivity index (χ0) is 19.0. The van der Waals surface area contributed by atoms with Gasteiger partial charge in [0, 0.05) is 20.3 Å². The molecule has 0 radical (unpaired) electrons. The molecular weight excluding hydrogens is 385 g/mol. The number of sulfone groups is 1. The summed E-state index contributed by atoms with van der Waals surface area (Å²) in [6, 6.07) is 3.60. The molecule has 0 saturated heterocycles. The minimum absolute atomic E-state index is 0.179. The van der Waals surface area contributed by atoms with Gasteiger partial charge in [-0.1, -0.05) is 0 Å². The SMILES string of the molecule is CN(C)S(=O)(=O)c1ccc(CS(=O)(=O)c2ccc(C(F)(F)F)cn2)o1. The van der Waals surface area contributed by atoms with Crippen LogP contribution >= 0.6 is 0 Å². The van der Waals surface area contributed by atoms with Crippen LogP contribution in [0.25, 0.3) is 0 Å². The van der Waals surface area contributed by atoms with Crippen molar-refractivity contribution in [2.45, 2.75) is 22.0 Å². The van der Waals surface area contributed by atoms with Gasteiger partial charge in [0.05, 0.1) is 5.56 Å². The summed E-state index contributed by atoms with van der Waals surface area (Å²) in [4.78, 5) is 3.32. The number of furan rings is 1. The standard InChI is InChI=1S/C13H13F3N2O5S2/c1-18(2)25(21,22)12-6-4-10(23-12)8-24(19,20)11-5-3-9(7-17-11)13(14,15)16/h3-7H,8H2,1-2H3. The van der Waals surface area contributed by atoms with Crippen molar-refractivity contribution in [2.75, 3.05) is 14.1 Å². The van der Waals surface area contributed by atoms with Crippen LogP contribution in [0.1, 0.15) is 11.3 Å². The Labute approximate surface area is 142 Å². The quantitative estimate of drug-likeness (QED) is 0.763. The Balaban J connectivity index is 2.27. The number of halogens is 3. The number of hydrogen-bond donors (Lipinski definition) is 0. The number of aromatic nitrogens is 1. The molecule has 0 atom stereocenters. The van der Waals surface area contributed by atoms with Gasteiger partial charge >= 0.3 is 6.18 Å². The van der Waals surface area contributed by atoms with Crippen molar-refractivity contribution in [3.05, 3.63) is 41.8 Å². The van der Waals surface area contributed by atoms with Gasteiger partial charge < -0.3 is 4.42 Å². The third-order valence-corrected chi connectivity index (χ3v) is 6.32. The van der Waals surface area contributed by atoms with Crippen LogP contribution in [0.2, 0.25) is 0 Å². The second-order valence-corrected chi connectivity index (χ2v) is 9.17. The van der Waals surface area contributed by atoms with Gasteiger partial charge in [-0.15, -0.1) is 0 Å². The molecule has 0 aliphatic carbocycles. The molecule has 0 unspecified atom stereocenters. The predicted molar refractivity (Wildman–Crippen MR) is 79.7 cm³/mol. The molecule has 0 spiro atoms. The Morgan fingerprint density at radius 2 is 1.72 bits per heavy atom. The van der Waals surface area contributed by atoms with E-state index in [-0.39, 0.29) is 5.76 Å². The summed E-state index contributed by atoms with van der Waals surface area (Å²) in [6.45, 7) is 0. The van der Waals surface area contributed by atoms with Gasteiger partial charge in [0.25, 0.3) is 10.0 Å². The van der Waals surface area contributed by atoms with E-state index in [1.54, 1.807) is 0 Å². The first-order chi connectivity index (χ1) is 11.3. The highest BCUT2D eigenvalue weighted by Gasteiger charge is 2.31. The molecule has 2 aromatic heterocycles. The number of hydrogen-bond acceptors (Lipinski definition) is 6. The Morgan fingerprint density at radius 3 is 2.20 bits per heavy atom. The fourth-order valence-corrected chi connectivity index (χ4v) is 3.73. The van der Waals surface area contributed by atoms with Crippen molar-refractivity contribution in [1.29, 1.82) is 0 Å². The summed E-state index contributed by atoms with van der Waals surface area (Å²) in [5.41, 5.74) is -1.08. The Kier molecular flexibility index (Phi) is 4.99. The molecule has 7 nitrogen and oxygen atoms in total. The van der Waals surface area contributed by atoms with E-state index in [1.165, 1.54) is 14.1 Å². The van der Waals surface area contributed by atoms with Crippen LogP contribution in [0.15, 0.2) is 45.0 Å². The Bertz CT molecular complexity index is 962. The van der Waals surface area contributed by atoms with Crippen LogP contribution in [0.3, 0.4) is 0 Å². The lowest BCUT2D eigenvalue weighted by molar-refractivity contribution is -0.137. The van der Waals surface area contributed by atoms with E-state index in [1.807, 2.05) is 0 Å². The molecular formula is C13H13F3N2O5S2. The third kappa shape index (κ3) is 4.19. The van der Waals surface area contributed by atoms with Crippen LogP contribution < -0.4 is 0 Å². The average molecular weight is 398 g/mol. The summed E-state index contributed by atoms with van der Waals surface area (Å²) in [6.07, 6.45) is -4.22. The third-order valence-electron chi connectivity index (χ3n) is 3.09. The van der Waals surface area contributed by atoms with Gasteiger partial charge in [0.15, 0.2) is 5.03 Å². The second kappa shape index (κ2) is 6.42. The molecule has 25 heavy (non-hydrogen) atoms. The maximum Gasteiger partial charge on any atom is 0.417 e. The monoisotopic (exact) mass is 398 g/mol. The molecule has 0 aliphatic heterocycles. The van der Waals surface area contributed by atoms with Gasteiger partial charge in [0.2, 0.25) is 14.9 Å². The van der Waals surface area contributed by atoms with Crippen molar-refractivity contribution < 1.29 is 34.4 Å². The van der Waals surface area contributed by atoms with E-state index in [0.717, 1.165) is 22.5 Å². The molecule has 0 fully saturated rings. The number of alkyl halides is 3. The molecule has 2 rings (SSSR count). The molecule has 12 heteroatoms. The highest BCUT2D eigenvalue weighted by atomic mass is 32.2. The van der Waals surface area contributed by atoms with Crippen LogP contribution in [0, 0.1) is 0 Å². The van der Waals surface area contributed by atoms with Gasteiger partial charge in [-0.3, -0.25) is 0 Å². The topological polar surface area (TPSA) is 97.6 Å². The summed E-state index contributed by atoms with van der Waals surface area (Å²) in [5.74, 6) is -0.920. The van der Waals surface area contributed by atoms with Gasteiger partial charge in [-0.05, 0) is 24.3 Å². The normalized spacial score (nSPS) is 13.4. The van der Waals surface area contributed by atoms with Crippen LogP contribution in [0.5, 0.6) is 0 Å². The highest BCUT2D eigenvalue weighted by molar-refractivity contribution is 7.90. The van der Waals surface area contributed by atoms with Crippen molar-refractivity contribution in [2.24, 2.45) is 0 Å². The Hall–Kier alpha value is -1.92. The minimum Gasteiger partial charge on any atom is -0.447 e. The first kappa shape index (κ1) is 19.4. The fourth-order valence-electron chi connectivity index (χ4n) is 1.75. The number of sulfonamides is 1.